The summed E-state index contributed by atoms with van der Waals surface area (Å²) in [6, 6.07) is -0.298. The number of hydrogen-bond acceptors (Lipinski definition) is 3. The van der Waals surface area contributed by atoms with E-state index in [1.165, 1.54) is 0 Å². The maximum absolute atomic E-state index is 10.8. The van der Waals surface area contributed by atoms with Gasteiger partial charge in [-0.15, -0.1) is 0 Å². The number of nitrogens with zero attached hydrogens (tertiary/aromatic N) is 1. The summed E-state index contributed by atoms with van der Waals surface area (Å²) in [7, 11) is 0. The second-order valence-corrected chi connectivity index (χ2v) is 3.85. The first-order valence-electron chi connectivity index (χ1n) is 4.93. The quantitative estimate of drug-likeness (QED) is 0.637. The summed E-state index contributed by atoms with van der Waals surface area (Å²) in [6.45, 7) is 8.00. The molecule has 1 fully saturated rings. The molecule has 1 heterocycles. The standard InChI is InChI=1S/C10H18N2O2/c1-8(2)6-11-7-12-5-3-4-9(12)10(13)14/h9,11H,1,3-7H2,2H3,(H,13,14)/t9-/m0/s1. The van der Waals surface area contributed by atoms with Crippen molar-refractivity contribution in [3.8, 4) is 0 Å². The van der Waals surface area contributed by atoms with Crippen LogP contribution in [0.5, 0.6) is 0 Å². The third kappa shape index (κ3) is 3.12. The van der Waals surface area contributed by atoms with Crippen LogP contribution in [-0.2, 0) is 4.79 Å². The van der Waals surface area contributed by atoms with Gasteiger partial charge in [-0.1, -0.05) is 12.2 Å². The summed E-state index contributed by atoms with van der Waals surface area (Å²) in [6.07, 6.45) is 1.75. The van der Waals surface area contributed by atoms with Gasteiger partial charge in [-0.05, 0) is 19.8 Å². The molecule has 1 atom stereocenters. The molecule has 0 aromatic heterocycles. The van der Waals surface area contributed by atoms with Crippen LogP contribution in [0, 0.1) is 0 Å². The van der Waals surface area contributed by atoms with Crippen molar-refractivity contribution in [1.82, 2.24) is 10.2 Å². The minimum atomic E-state index is -0.709. The number of carboxylic acids is 1. The summed E-state index contributed by atoms with van der Waals surface area (Å²) in [4.78, 5) is 12.8. The maximum Gasteiger partial charge on any atom is 0.320 e. The van der Waals surface area contributed by atoms with Gasteiger partial charge >= 0.3 is 5.97 Å². The first kappa shape index (κ1) is 11.2. The van der Waals surface area contributed by atoms with Crippen molar-refractivity contribution in [2.24, 2.45) is 0 Å². The zero-order chi connectivity index (χ0) is 10.6. The SMILES string of the molecule is C=C(C)CNCN1CCC[C@H]1C(=O)O. The van der Waals surface area contributed by atoms with E-state index in [1.54, 1.807) is 0 Å². The first-order chi connectivity index (χ1) is 6.61. The largest absolute Gasteiger partial charge is 0.480 e. The maximum atomic E-state index is 10.8. The Bertz CT molecular complexity index is 228. The molecular formula is C10H18N2O2. The molecule has 0 spiro atoms. The molecule has 1 rings (SSSR count). The van der Waals surface area contributed by atoms with Gasteiger partial charge in [0, 0.05) is 19.8 Å². The Hall–Kier alpha value is -0.870. The van der Waals surface area contributed by atoms with Crippen molar-refractivity contribution in [1.29, 1.82) is 0 Å². The van der Waals surface area contributed by atoms with Gasteiger partial charge in [-0.3, -0.25) is 9.69 Å². The lowest BCUT2D eigenvalue weighted by molar-refractivity contribution is -0.142. The lowest BCUT2D eigenvalue weighted by Gasteiger charge is -2.21. The van der Waals surface area contributed by atoms with E-state index in [0.29, 0.717) is 6.67 Å². The van der Waals surface area contributed by atoms with Gasteiger partial charge in [0.05, 0.1) is 0 Å². The number of likely N-dealkylation sites (tertiary alicyclic amines) is 1. The van der Waals surface area contributed by atoms with Crippen molar-refractivity contribution in [3.05, 3.63) is 12.2 Å². The van der Waals surface area contributed by atoms with Crippen LogP contribution in [0.3, 0.4) is 0 Å². The number of rotatable bonds is 5. The van der Waals surface area contributed by atoms with Gasteiger partial charge in [0.2, 0.25) is 0 Å². The number of carbonyl (C=O) groups is 1. The van der Waals surface area contributed by atoms with Crippen molar-refractivity contribution < 1.29 is 9.90 Å². The molecule has 2 N–H and O–H groups in total. The molecule has 0 radical (unpaired) electrons. The summed E-state index contributed by atoms with van der Waals surface area (Å²) < 4.78 is 0. The highest BCUT2D eigenvalue weighted by Crippen LogP contribution is 2.15. The molecular weight excluding hydrogens is 180 g/mol. The molecule has 1 aliphatic heterocycles. The highest BCUT2D eigenvalue weighted by Gasteiger charge is 2.29. The van der Waals surface area contributed by atoms with Gasteiger partial charge in [0.25, 0.3) is 0 Å². The number of aliphatic carboxylic acids is 1. The fourth-order valence-electron chi connectivity index (χ4n) is 1.71. The minimum absolute atomic E-state index is 0.298. The lowest BCUT2D eigenvalue weighted by atomic mass is 10.2. The minimum Gasteiger partial charge on any atom is -0.480 e. The third-order valence-electron chi connectivity index (χ3n) is 2.39. The highest BCUT2D eigenvalue weighted by molar-refractivity contribution is 5.73. The third-order valence-corrected chi connectivity index (χ3v) is 2.39. The van der Waals surface area contributed by atoms with Crippen LogP contribution in [0.25, 0.3) is 0 Å². The van der Waals surface area contributed by atoms with E-state index in [4.69, 9.17) is 5.11 Å². The molecule has 4 heteroatoms. The Morgan fingerprint density at radius 3 is 3.00 bits per heavy atom. The number of nitrogens with one attached hydrogen (secondary N) is 1. The van der Waals surface area contributed by atoms with Crippen LogP contribution in [0.1, 0.15) is 19.8 Å². The fourth-order valence-corrected chi connectivity index (χ4v) is 1.71. The topological polar surface area (TPSA) is 52.6 Å². The monoisotopic (exact) mass is 198 g/mol. The molecule has 14 heavy (non-hydrogen) atoms. The van der Waals surface area contributed by atoms with E-state index in [-0.39, 0.29) is 6.04 Å². The zero-order valence-corrected chi connectivity index (χ0v) is 8.62. The van der Waals surface area contributed by atoms with E-state index in [0.717, 1.165) is 31.5 Å². The predicted molar refractivity (Wildman–Crippen MR) is 55.0 cm³/mol. The van der Waals surface area contributed by atoms with E-state index in [9.17, 15) is 4.79 Å². The van der Waals surface area contributed by atoms with Crippen LogP contribution in [0.2, 0.25) is 0 Å². The van der Waals surface area contributed by atoms with Gasteiger partial charge in [-0.25, -0.2) is 0 Å². The van der Waals surface area contributed by atoms with Crippen LogP contribution in [0.15, 0.2) is 12.2 Å². The van der Waals surface area contributed by atoms with E-state index >= 15 is 0 Å². The van der Waals surface area contributed by atoms with Crippen LogP contribution >= 0.6 is 0 Å². The second kappa shape index (κ2) is 5.12. The average Bonchev–Trinajstić information content (AvgIpc) is 2.51. The molecule has 0 aromatic rings. The Morgan fingerprint density at radius 1 is 1.71 bits per heavy atom. The molecule has 0 unspecified atom stereocenters. The first-order valence-corrected chi connectivity index (χ1v) is 4.93. The molecule has 1 aliphatic rings. The summed E-state index contributed by atoms with van der Waals surface area (Å²) in [5.41, 5.74) is 1.07. The molecule has 1 saturated heterocycles. The number of carboxylic acid groups (broad SMARTS) is 1. The molecule has 0 saturated carbocycles. The Balaban J connectivity index is 2.29. The van der Waals surface area contributed by atoms with Crippen LogP contribution in [0.4, 0.5) is 0 Å². The van der Waals surface area contributed by atoms with Gasteiger partial charge < -0.3 is 10.4 Å². The molecule has 0 aromatic carbocycles. The Labute approximate surface area is 84.6 Å². The van der Waals surface area contributed by atoms with Crippen LogP contribution in [-0.4, -0.2) is 41.8 Å². The second-order valence-electron chi connectivity index (χ2n) is 3.85. The normalized spacial score (nSPS) is 22.5. The summed E-state index contributed by atoms with van der Waals surface area (Å²) >= 11 is 0. The lowest BCUT2D eigenvalue weighted by Crippen LogP contribution is -2.42. The smallest absolute Gasteiger partial charge is 0.320 e. The summed E-state index contributed by atoms with van der Waals surface area (Å²) in [5.74, 6) is -0.709. The molecule has 0 aliphatic carbocycles. The highest BCUT2D eigenvalue weighted by atomic mass is 16.4. The van der Waals surface area contributed by atoms with Crippen molar-refractivity contribution >= 4 is 5.97 Å². The van der Waals surface area contributed by atoms with Crippen molar-refractivity contribution in [3.63, 3.8) is 0 Å². The zero-order valence-electron chi connectivity index (χ0n) is 8.62. The molecule has 0 amide bonds. The molecule has 80 valence electrons. The molecule has 4 nitrogen and oxygen atoms in total. The van der Waals surface area contributed by atoms with Gasteiger partial charge in [0.1, 0.15) is 6.04 Å². The van der Waals surface area contributed by atoms with Crippen molar-refractivity contribution in [2.75, 3.05) is 19.8 Å². The summed E-state index contributed by atoms with van der Waals surface area (Å²) in [5, 5.41) is 12.1. The van der Waals surface area contributed by atoms with Gasteiger partial charge in [0.15, 0.2) is 0 Å². The predicted octanol–water partition coefficient (Wildman–Crippen LogP) is 0.659. The Kier molecular flexibility index (Phi) is 4.10. The fraction of sp³-hybridized carbons (Fsp3) is 0.700. The van der Waals surface area contributed by atoms with E-state index < -0.39 is 5.97 Å². The molecule has 0 bridgehead atoms. The average molecular weight is 198 g/mol. The van der Waals surface area contributed by atoms with Crippen LogP contribution < -0.4 is 5.32 Å². The number of hydrogen-bond donors (Lipinski definition) is 2. The van der Waals surface area contributed by atoms with E-state index in [1.807, 2.05) is 11.8 Å². The van der Waals surface area contributed by atoms with E-state index in [2.05, 4.69) is 11.9 Å². The van der Waals surface area contributed by atoms with Crippen molar-refractivity contribution in [2.45, 2.75) is 25.8 Å². The van der Waals surface area contributed by atoms with Gasteiger partial charge in [-0.2, -0.15) is 0 Å². The Morgan fingerprint density at radius 2 is 2.43 bits per heavy atom.